The third-order valence-corrected chi connectivity index (χ3v) is 4.64. The number of rotatable bonds is 7. The molecule has 0 unspecified atom stereocenters. The molecule has 0 fully saturated rings. The highest BCUT2D eigenvalue weighted by atomic mass is 32.2. The number of carbonyl (C=O) groups excluding carboxylic acids is 2. The Bertz CT molecular complexity index is 901. The SMILES string of the molecule is Cc1ccc(NC(=O)COC(=O)CNS(=O)(=O)c2ccccc2)c(F)c1. The van der Waals surface area contributed by atoms with Crippen LogP contribution in [0.3, 0.4) is 0 Å². The smallest absolute Gasteiger partial charge is 0.321 e. The lowest BCUT2D eigenvalue weighted by molar-refractivity contribution is -0.146. The van der Waals surface area contributed by atoms with E-state index < -0.39 is 40.9 Å². The molecular weight excluding hydrogens is 363 g/mol. The van der Waals surface area contributed by atoms with Gasteiger partial charge in [-0.1, -0.05) is 24.3 Å². The minimum absolute atomic E-state index is 0.000360. The minimum atomic E-state index is -3.85. The number of nitrogens with one attached hydrogen (secondary N) is 2. The second kappa shape index (κ2) is 8.54. The lowest BCUT2D eigenvalue weighted by atomic mass is 10.2. The van der Waals surface area contributed by atoms with E-state index in [2.05, 4.69) is 14.8 Å². The molecule has 0 aliphatic carbocycles. The molecule has 0 saturated heterocycles. The number of carbonyl (C=O) groups is 2. The van der Waals surface area contributed by atoms with E-state index in [0.717, 1.165) is 0 Å². The van der Waals surface area contributed by atoms with Crippen LogP contribution in [0.4, 0.5) is 10.1 Å². The zero-order valence-corrected chi connectivity index (χ0v) is 14.7. The molecule has 7 nitrogen and oxygen atoms in total. The molecule has 2 aromatic carbocycles. The number of halogens is 1. The molecule has 2 aromatic rings. The summed E-state index contributed by atoms with van der Waals surface area (Å²) in [5.74, 6) is -2.30. The summed E-state index contributed by atoms with van der Waals surface area (Å²) in [5.41, 5.74) is 0.652. The zero-order chi connectivity index (χ0) is 19.2. The van der Waals surface area contributed by atoms with Gasteiger partial charge in [0, 0.05) is 0 Å². The molecule has 138 valence electrons. The van der Waals surface area contributed by atoms with E-state index in [4.69, 9.17) is 0 Å². The normalized spacial score (nSPS) is 11.0. The first kappa shape index (κ1) is 19.5. The largest absolute Gasteiger partial charge is 0.455 e. The number of amides is 1. The average Bonchev–Trinajstić information content (AvgIpc) is 2.61. The Morgan fingerprint density at radius 1 is 1.12 bits per heavy atom. The molecule has 26 heavy (non-hydrogen) atoms. The molecule has 0 saturated carbocycles. The fraction of sp³-hybridized carbons (Fsp3) is 0.176. The van der Waals surface area contributed by atoms with E-state index in [0.29, 0.717) is 5.56 Å². The van der Waals surface area contributed by atoms with Gasteiger partial charge < -0.3 is 10.1 Å². The summed E-state index contributed by atoms with van der Waals surface area (Å²) in [7, 11) is -3.85. The number of hydrogen-bond donors (Lipinski definition) is 2. The van der Waals surface area contributed by atoms with Gasteiger partial charge in [-0.25, -0.2) is 12.8 Å². The molecule has 0 atom stereocenters. The van der Waals surface area contributed by atoms with Crippen LogP contribution in [-0.4, -0.2) is 33.4 Å². The van der Waals surface area contributed by atoms with Crippen molar-refractivity contribution in [1.82, 2.24) is 4.72 Å². The van der Waals surface area contributed by atoms with Crippen molar-refractivity contribution in [3.05, 3.63) is 59.9 Å². The van der Waals surface area contributed by atoms with Crippen LogP contribution in [0.25, 0.3) is 0 Å². The third kappa shape index (κ3) is 5.64. The molecular formula is C17H17FN2O5S. The van der Waals surface area contributed by atoms with Crippen molar-refractivity contribution in [2.24, 2.45) is 0 Å². The molecule has 0 radical (unpaired) electrons. The summed E-state index contributed by atoms with van der Waals surface area (Å²) in [6.07, 6.45) is 0. The second-order valence-electron chi connectivity index (χ2n) is 5.33. The van der Waals surface area contributed by atoms with Crippen LogP contribution < -0.4 is 10.0 Å². The van der Waals surface area contributed by atoms with E-state index in [9.17, 15) is 22.4 Å². The predicted molar refractivity (Wildman–Crippen MR) is 92.4 cm³/mol. The quantitative estimate of drug-likeness (QED) is 0.711. The van der Waals surface area contributed by atoms with Crippen molar-refractivity contribution in [3.8, 4) is 0 Å². The standard InChI is InChI=1S/C17H17FN2O5S/c1-12-7-8-15(14(18)9-12)20-16(21)11-25-17(22)10-19-26(23,24)13-5-3-2-4-6-13/h2-9,19H,10-11H2,1H3,(H,20,21). The number of anilines is 1. The van der Waals surface area contributed by atoms with E-state index in [-0.39, 0.29) is 10.6 Å². The van der Waals surface area contributed by atoms with Crippen LogP contribution in [0, 0.1) is 12.7 Å². The number of benzene rings is 2. The summed E-state index contributed by atoms with van der Waals surface area (Å²) < 4.78 is 44.2. The molecule has 0 heterocycles. The van der Waals surface area contributed by atoms with Gasteiger partial charge in [-0.05, 0) is 36.8 Å². The molecule has 1 amide bonds. The number of sulfonamides is 1. The Hall–Kier alpha value is -2.78. The van der Waals surface area contributed by atoms with Crippen molar-refractivity contribution >= 4 is 27.6 Å². The van der Waals surface area contributed by atoms with E-state index in [1.54, 1.807) is 31.2 Å². The van der Waals surface area contributed by atoms with Crippen LogP contribution in [0.2, 0.25) is 0 Å². The van der Waals surface area contributed by atoms with Crippen molar-refractivity contribution in [2.75, 3.05) is 18.5 Å². The summed E-state index contributed by atoms with van der Waals surface area (Å²) >= 11 is 0. The van der Waals surface area contributed by atoms with Crippen LogP contribution in [0.5, 0.6) is 0 Å². The topological polar surface area (TPSA) is 102 Å². The van der Waals surface area contributed by atoms with Gasteiger partial charge in [0.1, 0.15) is 12.4 Å². The van der Waals surface area contributed by atoms with Gasteiger partial charge in [-0.3, -0.25) is 9.59 Å². The third-order valence-electron chi connectivity index (χ3n) is 3.22. The lowest BCUT2D eigenvalue weighted by Crippen LogP contribution is -2.32. The Morgan fingerprint density at radius 3 is 2.46 bits per heavy atom. The molecule has 2 rings (SSSR count). The Morgan fingerprint density at radius 2 is 1.81 bits per heavy atom. The highest BCUT2D eigenvalue weighted by Gasteiger charge is 2.16. The van der Waals surface area contributed by atoms with Gasteiger partial charge in [0.2, 0.25) is 10.0 Å². The summed E-state index contributed by atoms with van der Waals surface area (Å²) in [5, 5.41) is 2.26. The maximum Gasteiger partial charge on any atom is 0.321 e. The monoisotopic (exact) mass is 380 g/mol. The molecule has 0 aliphatic heterocycles. The van der Waals surface area contributed by atoms with Crippen LogP contribution in [0.1, 0.15) is 5.56 Å². The lowest BCUT2D eigenvalue weighted by Gasteiger charge is -2.09. The molecule has 2 N–H and O–H groups in total. The van der Waals surface area contributed by atoms with Crippen molar-refractivity contribution in [1.29, 1.82) is 0 Å². The van der Waals surface area contributed by atoms with Crippen LogP contribution in [0.15, 0.2) is 53.4 Å². The number of hydrogen-bond acceptors (Lipinski definition) is 5. The number of esters is 1. The number of ether oxygens (including phenoxy) is 1. The van der Waals surface area contributed by atoms with Crippen molar-refractivity contribution < 1.29 is 27.1 Å². The van der Waals surface area contributed by atoms with E-state index >= 15 is 0 Å². The number of aryl methyl sites for hydroxylation is 1. The summed E-state index contributed by atoms with van der Waals surface area (Å²) in [4.78, 5) is 23.3. The van der Waals surface area contributed by atoms with Crippen LogP contribution >= 0.6 is 0 Å². The maximum absolute atomic E-state index is 13.6. The summed E-state index contributed by atoms with van der Waals surface area (Å²) in [6, 6.07) is 11.7. The molecule has 0 aliphatic rings. The fourth-order valence-electron chi connectivity index (χ4n) is 1.94. The zero-order valence-electron chi connectivity index (χ0n) is 13.9. The van der Waals surface area contributed by atoms with E-state index in [1.807, 2.05) is 0 Å². The van der Waals surface area contributed by atoms with Crippen LogP contribution in [-0.2, 0) is 24.3 Å². The predicted octanol–water partition coefficient (Wildman–Crippen LogP) is 1.59. The fourth-order valence-corrected chi connectivity index (χ4v) is 2.93. The Kier molecular flexibility index (Phi) is 6.42. The van der Waals surface area contributed by atoms with Crippen molar-refractivity contribution in [3.63, 3.8) is 0 Å². The molecule has 9 heteroatoms. The van der Waals surface area contributed by atoms with Gasteiger partial charge in [0.15, 0.2) is 6.61 Å². The van der Waals surface area contributed by atoms with Gasteiger partial charge in [-0.15, -0.1) is 0 Å². The van der Waals surface area contributed by atoms with E-state index in [1.165, 1.54) is 24.3 Å². The summed E-state index contributed by atoms with van der Waals surface area (Å²) in [6.45, 7) is 0.398. The van der Waals surface area contributed by atoms with Gasteiger partial charge in [0.05, 0.1) is 10.6 Å². The van der Waals surface area contributed by atoms with Gasteiger partial charge >= 0.3 is 5.97 Å². The van der Waals surface area contributed by atoms with Crippen molar-refractivity contribution in [2.45, 2.75) is 11.8 Å². The second-order valence-corrected chi connectivity index (χ2v) is 7.10. The Balaban J connectivity index is 1.80. The maximum atomic E-state index is 13.6. The molecule has 0 spiro atoms. The highest BCUT2D eigenvalue weighted by Crippen LogP contribution is 2.15. The van der Waals surface area contributed by atoms with Gasteiger partial charge in [-0.2, -0.15) is 4.72 Å². The average molecular weight is 380 g/mol. The van der Waals surface area contributed by atoms with Gasteiger partial charge in [0.25, 0.3) is 5.91 Å². The molecule has 0 bridgehead atoms. The molecule has 0 aromatic heterocycles. The highest BCUT2D eigenvalue weighted by molar-refractivity contribution is 7.89. The first-order valence-corrected chi connectivity index (χ1v) is 9.02. The minimum Gasteiger partial charge on any atom is -0.455 e. The first-order valence-electron chi connectivity index (χ1n) is 7.54. The Labute approximate surface area is 150 Å². The first-order chi connectivity index (χ1) is 12.3.